The van der Waals surface area contributed by atoms with Crippen molar-refractivity contribution in [2.45, 2.75) is 57.5 Å². The fourth-order valence-electron chi connectivity index (χ4n) is 2.40. The molecule has 0 aromatic heterocycles. The Hall–Kier alpha value is 0.0700. The van der Waals surface area contributed by atoms with Crippen molar-refractivity contribution in [3.8, 4) is 0 Å². The van der Waals surface area contributed by atoms with Crippen molar-refractivity contribution in [2.75, 3.05) is 12.0 Å². The van der Waals surface area contributed by atoms with Crippen molar-refractivity contribution in [3.05, 3.63) is 0 Å². The topological polar surface area (TPSA) is 55.1 Å². The summed E-state index contributed by atoms with van der Waals surface area (Å²) in [6, 6.07) is 0.0389. The van der Waals surface area contributed by atoms with Crippen molar-refractivity contribution >= 4 is 30.1 Å². The molecule has 0 bridgehead atoms. The maximum absolute atomic E-state index is 11.8. The lowest BCUT2D eigenvalue weighted by atomic mass is 9.84. The van der Waals surface area contributed by atoms with Crippen molar-refractivity contribution in [2.24, 2.45) is 11.7 Å². The maximum atomic E-state index is 11.8. The first kappa shape index (κ1) is 18.1. The first-order valence-corrected chi connectivity index (χ1v) is 8.11. The molecular weight excluding hydrogens is 268 g/mol. The van der Waals surface area contributed by atoms with Crippen LogP contribution in [-0.2, 0) is 4.79 Å². The molecule has 1 fully saturated rings. The molecule has 5 heteroatoms. The van der Waals surface area contributed by atoms with Gasteiger partial charge in [-0.1, -0.05) is 13.3 Å². The SMILES string of the molecule is CCC1CCC(NC(=O)[C@@H](N)CCSC)CC1.Cl. The summed E-state index contributed by atoms with van der Waals surface area (Å²) >= 11 is 1.74. The molecule has 0 saturated heterocycles. The molecular formula is C13H27ClN2OS. The highest BCUT2D eigenvalue weighted by atomic mass is 35.5. The average molecular weight is 295 g/mol. The van der Waals surface area contributed by atoms with Gasteiger partial charge >= 0.3 is 0 Å². The lowest BCUT2D eigenvalue weighted by molar-refractivity contribution is -0.123. The van der Waals surface area contributed by atoms with E-state index in [-0.39, 0.29) is 24.4 Å². The normalized spacial score (nSPS) is 25.1. The van der Waals surface area contributed by atoms with Crippen LogP contribution in [-0.4, -0.2) is 30.0 Å². The molecule has 3 nitrogen and oxygen atoms in total. The first-order valence-electron chi connectivity index (χ1n) is 6.72. The van der Waals surface area contributed by atoms with E-state index in [0.29, 0.717) is 6.04 Å². The molecule has 0 heterocycles. The Kier molecular flexibility index (Phi) is 9.97. The van der Waals surface area contributed by atoms with Gasteiger partial charge in [0.05, 0.1) is 6.04 Å². The van der Waals surface area contributed by atoms with Gasteiger partial charge < -0.3 is 11.1 Å². The molecule has 3 N–H and O–H groups in total. The molecule has 0 aromatic carbocycles. The summed E-state index contributed by atoms with van der Waals surface area (Å²) in [5.41, 5.74) is 5.85. The molecule has 1 rings (SSSR count). The summed E-state index contributed by atoms with van der Waals surface area (Å²) in [4.78, 5) is 11.8. The molecule has 1 atom stereocenters. The Labute approximate surface area is 121 Å². The van der Waals surface area contributed by atoms with Gasteiger partial charge in [0, 0.05) is 6.04 Å². The predicted molar refractivity (Wildman–Crippen MR) is 82.4 cm³/mol. The summed E-state index contributed by atoms with van der Waals surface area (Å²) in [6.45, 7) is 2.25. The minimum Gasteiger partial charge on any atom is -0.352 e. The number of nitrogens with two attached hydrogens (primary N) is 1. The van der Waals surface area contributed by atoms with Gasteiger partial charge in [-0.3, -0.25) is 4.79 Å². The molecule has 108 valence electrons. The molecule has 1 aliphatic rings. The minimum atomic E-state index is -0.327. The lowest BCUT2D eigenvalue weighted by Gasteiger charge is -2.29. The van der Waals surface area contributed by atoms with Crippen LogP contribution in [0.4, 0.5) is 0 Å². The zero-order valence-electron chi connectivity index (χ0n) is 11.5. The van der Waals surface area contributed by atoms with Crippen LogP contribution >= 0.6 is 24.2 Å². The smallest absolute Gasteiger partial charge is 0.237 e. The fourth-order valence-corrected chi connectivity index (χ4v) is 2.89. The highest BCUT2D eigenvalue weighted by Gasteiger charge is 2.23. The second kappa shape index (κ2) is 9.93. The van der Waals surface area contributed by atoms with E-state index in [2.05, 4.69) is 12.2 Å². The second-order valence-corrected chi connectivity index (χ2v) is 6.01. The number of nitrogens with one attached hydrogen (secondary N) is 1. The standard InChI is InChI=1S/C13H26N2OS.ClH/c1-3-10-4-6-11(7-5-10)15-13(16)12(14)8-9-17-2;/h10-12H,3-9,14H2,1-2H3,(H,15,16);1H/t10?,11?,12-;/m0./s1. The molecule has 0 spiro atoms. The minimum absolute atomic E-state index is 0. The van der Waals surface area contributed by atoms with Crippen molar-refractivity contribution in [3.63, 3.8) is 0 Å². The van der Waals surface area contributed by atoms with E-state index in [1.54, 1.807) is 11.8 Å². The van der Waals surface area contributed by atoms with Crippen LogP contribution in [0.3, 0.4) is 0 Å². The highest BCUT2D eigenvalue weighted by Crippen LogP contribution is 2.26. The van der Waals surface area contributed by atoms with Gasteiger partial charge in [-0.05, 0) is 50.0 Å². The van der Waals surface area contributed by atoms with Crippen molar-refractivity contribution in [1.29, 1.82) is 0 Å². The number of amides is 1. The Balaban J connectivity index is 0.00000289. The summed E-state index contributed by atoms with van der Waals surface area (Å²) < 4.78 is 0. The van der Waals surface area contributed by atoms with E-state index >= 15 is 0 Å². The Morgan fingerprint density at radius 1 is 1.39 bits per heavy atom. The maximum Gasteiger partial charge on any atom is 0.237 e. The zero-order chi connectivity index (χ0) is 12.7. The molecule has 0 aromatic rings. The van der Waals surface area contributed by atoms with Crippen molar-refractivity contribution in [1.82, 2.24) is 5.32 Å². The molecule has 1 aliphatic carbocycles. The summed E-state index contributed by atoms with van der Waals surface area (Å²) in [6.07, 6.45) is 8.84. The molecule has 0 unspecified atom stereocenters. The third kappa shape index (κ3) is 6.30. The summed E-state index contributed by atoms with van der Waals surface area (Å²) in [5, 5.41) is 3.10. The largest absolute Gasteiger partial charge is 0.352 e. The predicted octanol–water partition coefficient (Wildman–Crippen LogP) is 2.57. The van der Waals surface area contributed by atoms with Gasteiger partial charge in [0.1, 0.15) is 0 Å². The molecule has 1 saturated carbocycles. The van der Waals surface area contributed by atoms with Crippen LogP contribution < -0.4 is 11.1 Å². The third-order valence-electron chi connectivity index (χ3n) is 3.74. The van der Waals surface area contributed by atoms with Gasteiger partial charge in [-0.2, -0.15) is 11.8 Å². The number of carbonyl (C=O) groups is 1. The number of hydrogen-bond acceptors (Lipinski definition) is 3. The van der Waals surface area contributed by atoms with Gasteiger partial charge in [-0.25, -0.2) is 0 Å². The van der Waals surface area contributed by atoms with E-state index < -0.39 is 0 Å². The van der Waals surface area contributed by atoms with E-state index in [4.69, 9.17) is 5.73 Å². The van der Waals surface area contributed by atoms with E-state index in [1.165, 1.54) is 19.3 Å². The molecule has 1 amide bonds. The van der Waals surface area contributed by atoms with E-state index in [9.17, 15) is 4.79 Å². The number of thioether (sulfide) groups is 1. The Morgan fingerprint density at radius 3 is 2.50 bits per heavy atom. The van der Waals surface area contributed by atoms with Crippen LogP contribution in [0.15, 0.2) is 0 Å². The molecule has 0 aliphatic heterocycles. The van der Waals surface area contributed by atoms with Gasteiger partial charge in [0.15, 0.2) is 0 Å². The van der Waals surface area contributed by atoms with Crippen LogP contribution in [0.25, 0.3) is 0 Å². The summed E-state index contributed by atoms with van der Waals surface area (Å²) in [5.74, 6) is 1.87. The van der Waals surface area contributed by atoms with Crippen LogP contribution in [0.1, 0.15) is 45.4 Å². The van der Waals surface area contributed by atoms with Gasteiger partial charge in [-0.15, -0.1) is 12.4 Å². The van der Waals surface area contributed by atoms with E-state index in [0.717, 1.165) is 30.9 Å². The van der Waals surface area contributed by atoms with Crippen LogP contribution in [0.5, 0.6) is 0 Å². The van der Waals surface area contributed by atoms with Gasteiger partial charge in [0.25, 0.3) is 0 Å². The highest BCUT2D eigenvalue weighted by molar-refractivity contribution is 7.98. The lowest BCUT2D eigenvalue weighted by Crippen LogP contribution is -2.46. The van der Waals surface area contributed by atoms with E-state index in [1.807, 2.05) is 6.26 Å². The first-order chi connectivity index (χ1) is 8.17. The van der Waals surface area contributed by atoms with Crippen LogP contribution in [0.2, 0.25) is 0 Å². The zero-order valence-corrected chi connectivity index (χ0v) is 13.1. The third-order valence-corrected chi connectivity index (χ3v) is 4.38. The number of hydrogen-bond donors (Lipinski definition) is 2. The number of halogens is 1. The van der Waals surface area contributed by atoms with Gasteiger partial charge in [0.2, 0.25) is 5.91 Å². The number of rotatable bonds is 6. The summed E-state index contributed by atoms with van der Waals surface area (Å²) in [7, 11) is 0. The Morgan fingerprint density at radius 2 is 2.00 bits per heavy atom. The molecule has 18 heavy (non-hydrogen) atoms. The Bertz CT molecular complexity index is 233. The average Bonchev–Trinajstić information content (AvgIpc) is 2.36. The molecule has 0 radical (unpaired) electrons. The second-order valence-electron chi connectivity index (χ2n) is 5.02. The fraction of sp³-hybridized carbons (Fsp3) is 0.923. The van der Waals surface area contributed by atoms with Crippen molar-refractivity contribution < 1.29 is 4.79 Å². The number of carbonyl (C=O) groups excluding carboxylic acids is 1. The quantitative estimate of drug-likeness (QED) is 0.792. The monoisotopic (exact) mass is 294 g/mol. The van der Waals surface area contributed by atoms with Crippen LogP contribution in [0, 0.1) is 5.92 Å².